The average molecular weight is 496 g/mol. The van der Waals surface area contributed by atoms with E-state index in [1.54, 1.807) is 33.7 Å². The third-order valence-corrected chi connectivity index (χ3v) is 6.67. The minimum absolute atomic E-state index is 0.102. The summed E-state index contributed by atoms with van der Waals surface area (Å²) >= 11 is 6.29. The number of para-hydroxylation sites is 1. The van der Waals surface area contributed by atoms with Gasteiger partial charge < -0.3 is 4.90 Å². The van der Waals surface area contributed by atoms with Crippen LogP contribution in [0.1, 0.15) is 42.5 Å². The maximum absolute atomic E-state index is 13.8. The highest BCUT2D eigenvalue weighted by molar-refractivity contribution is 6.30. The second kappa shape index (κ2) is 9.96. The van der Waals surface area contributed by atoms with E-state index in [-0.39, 0.29) is 11.5 Å². The van der Waals surface area contributed by atoms with Crippen molar-refractivity contribution in [3.63, 3.8) is 0 Å². The zero-order valence-corrected chi connectivity index (χ0v) is 20.9. The summed E-state index contributed by atoms with van der Waals surface area (Å²) < 4.78 is 1.58. The largest absolute Gasteiger partial charge is 0.329 e. The van der Waals surface area contributed by atoms with Gasteiger partial charge in [0, 0.05) is 17.1 Å². The number of carbonyl (C=O) groups is 1. The van der Waals surface area contributed by atoms with Gasteiger partial charge in [-0.1, -0.05) is 67.1 Å². The Morgan fingerprint density at radius 2 is 1.69 bits per heavy atom. The van der Waals surface area contributed by atoms with Gasteiger partial charge in [0.25, 0.3) is 11.5 Å². The Hall–Kier alpha value is -3.96. The molecule has 0 fully saturated rings. The van der Waals surface area contributed by atoms with Gasteiger partial charge in [0.05, 0.1) is 22.6 Å². The third-order valence-electron chi connectivity index (χ3n) is 6.43. The molecular formula is C30H26ClN3O2. The number of fused-ring (bicyclic) bond motifs is 2. The zero-order chi connectivity index (χ0) is 25.2. The SMILES string of the molecule is CCCN(C(=O)c1ccc2ccccc2c1)C(C)c1nc2ccccc2c(=O)n1-c1cccc(Cl)c1. The van der Waals surface area contributed by atoms with E-state index in [1.807, 2.05) is 80.6 Å². The second-order valence-corrected chi connectivity index (χ2v) is 9.28. The number of nitrogens with zero attached hydrogens (tertiary/aromatic N) is 3. The molecular weight excluding hydrogens is 470 g/mol. The summed E-state index contributed by atoms with van der Waals surface area (Å²) in [7, 11) is 0. The van der Waals surface area contributed by atoms with Crippen LogP contribution in [-0.2, 0) is 0 Å². The van der Waals surface area contributed by atoms with Crippen molar-refractivity contribution in [1.29, 1.82) is 0 Å². The van der Waals surface area contributed by atoms with Gasteiger partial charge >= 0.3 is 0 Å². The summed E-state index contributed by atoms with van der Waals surface area (Å²) in [6, 6.07) is 27.7. The van der Waals surface area contributed by atoms with E-state index in [0.29, 0.717) is 39.5 Å². The van der Waals surface area contributed by atoms with Crippen LogP contribution in [-0.4, -0.2) is 26.9 Å². The van der Waals surface area contributed by atoms with Gasteiger partial charge in [-0.3, -0.25) is 14.2 Å². The van der Waals surface area contributed by atoms with Crippen LogP contribution >= 0.6 is 11.6 Å². The number of hydrogen-bond donors (Lipinski definition) is 0. The fourth-order valence-electron chi connectivity index (χ4n) is 4.63. The highest BCUT2D eigenvalue weighted by Crippen LogP contribution is 2.26. The van der Waals surface area contributed by atoms with E-state index in [9.17, 15) is 9.59 Å². The molecule has 0 saturated carbocycles. The van der Waals surface area contributed by atoms with Crippen LogP contribution in [0.3, 0.4) is 0 Å². The molecule has 0 N–H and O–H groups in total. The maximum Gasteiger partial charge on any atom is 0.266 e. The molecule has 1 heterocycles. The fourth-order valence-corrected chi connectivity index (χ4v) is 4.82. The van der Waals surface area contributed by atoms with Crippen molar-refractivity contribution in [2.75, 3.05) is 6.54 Å². The minimum Gasteiger partial charge on any atom is -0.329 e. The molecule has 0 bridgehead atoms. The number of amides is 1. The molecule has 1 amide bonds. The minimum atomic E-state index is -0.472. The van der Waals surface area contributed by atoms with E-state index in [4.69, 9.17) is 16.6 Å². The van der Waals surface area contributed by atoms with E-state index in [2.05, 4.69) is 0 Å². The predicted octanol–water partition coefficient (Wildman–Crippen LogP) is 6.81. The van der Waals surface area contributed by atoms with Crippen LogP contribution in [0.4, 0.5) is 0 Å². The van der Waals surface area contributed by atoms with Crippen LogP contribution in [0.25, 0.3) is 27.4 Å². The predicted molar refractivity (Wildman–Crippen MR) is 146 cm³/mol. The van der Waals surface area contributed by atoms with Gasteiger partial charge in [0.1, 0.15) is 5.82 Å². The van der Waals surface area contributed by atoms with Crippen molar-refractivity contribution in [1.82, 2.24) is 14.5 Å². The molecule has 1 aromatic heterocycles. The molecule has 4 aromatic carbocycles. The topological polar surface area (TPSA) is 55.2 Å². The number of carbonyl (C=O) groups excluding carboxylic acids is 1. The molecule has 0 aliphatic carbocycles. The molecule has 5 aromatic rings. The normalized spacial score (nSPS) is 12.1. The standard InChI is InChI=1S/C30H26ClN3O2/c1-3-17-33(29(35)23-16-15-21-9-4-5-10-22(21)18-23)20(2)28-32-27-14-7-6-13-26(27)30(36)34(28)25-12-8-11-24(31)19-25/h4-16,18-20H,3,17H2,1-2H3. The van der Waals surface area contributed by atoms with Crippen molar-refractivity contribution < 1.29 is 4.79 Å². The van der Waals surface area contributed by atoms with Gasteiger partial charge in [-0.25, -0.2) is 4.98 Å². The highest BCUT2D eigenvalue weighted by atomic mass is 35.5. The Labute approximate surface area is 214 Å². The number of rotatable bonds is 6. The Morgan fingerprint density at radius 3 is 2.47 bits per heavy atom. The molecule has 0 saturated heterocycles. The molecule has 180 valence electrons. The number of aromatic nitrogens is 2. The van der Waals surface area contributed by atoms with Crippen LogP contribution in [0, 0.1) is 0 Å². The van der Waals surface area contributed by atoms with Crippen molar-refractivity contribution >= 4 is 39.2 Å². The summed E-state index contributed by atoms with van der Waals surface area (Å²) in [4.78, 5) is 34.2. The van der Waals surface area contributed by atoms with Crippen LogP contribution in [0.2, 0.25) is 5.02 Å². The summed E-state index contributed by atoms with van der Waals surface area (Å²) in [5.74, 6) is 0.388. The van der Waals surface area contributed by atoms with Gasteiger partial charge in [-0.05, 0) is 66.6 Å². The molecule has 1 atom stereocenters. The lowest BCUT2D eigenvalue weighted by molar-refractivity contribution is 0.0681. The third kappa shape index (κ3) is 4.38. The number of halogens is 1. The van der Waals surface area contributed by atoms with Crippen molar-refractivity contribution in [2.24, 2.45) is 0 Å². The van der Waals surface area contributed by atoms with Crippen molar-refractivity contribution in [2.45, 2.75) is 26.3 Å². The molecule has 0 spiro atoms. The Bertz CT molecular complexity index is 1640. The molecule has 5 rings (SSSR count). The lowest BCUT2D eigenvalue weighted by atomic mass is 10.1. The highest BCUT2D eigenvalue weighted by Gasteiger charge is 2.27. The summed E-state index contributed by atoms with van der Waals surface area (Å²) in [6.07, 6.45) is 0.763. The first-order chi connectivity index (χ1) is 17.5. The fraction of sp³-hybridized carbons (Fsp3) is 0.167. The van der Waals surface area contributed by atoms with E-state index in [0.717, 1.165) is 17.2 Å². The van der Waals surface area contributed by atoms with Crippen molar-refractivity contribution in [3.05, 3.63) is 118 Å². The first-order valence-electron chi connectivity index (χ1n) is 12.1. The van der Waals surface area contributed by atoms with E-state index >= 15 is 0 Å². The molecule has 6 heteroatoms. The monoisotopic (exact) mass is 495 g/mol. The van der Waals surface area contributed by atoms with Crippen LogP contribution < -0.4 is 5.56 Å². The van der Waals surface area contributed by atoms with Crippen molar-refractivity contribution in [3.8, 4) is 5.69 Å². The average Bonchev–Trinajstić information content (AvgIpc) is 2.90. The van der Waals surface area contributed by atoms with E-state index in [1.165, 1.54) is 0 Å². The number of hydrogen-bond acceptors (Lipinski definition) is 3. The van der Waals surface area contributed by atoms with Gasteiger partial charge in [0.15, 0.2) is 0 Å². The first-order valence-corrected chi connectivity index (χ1v) is 12.4. The van der Waals surface area contributed by atoms with Gasteiger partial charge in [0.2, 0.25) is 0 Å². The molecule has 0 aliphatic rings. The lowest BCUT2D eigenvalue weighted by Crippen LogP contribution is -2.38. The Kier molecular flexibility index (Phi) is 6.57. The quantitative estimate of drug-likeness (QED) is 0.260. The summed E-state index contributed by atoms with van der Waals surface area (Å²) in [5.41, 5.74) is 1.62. The van der Waals surface area contributed by atoms with E-state index < -0.39 is 6.04 Å². The van der Waals surface area contributed by atoms with Crippen LogP contribution in [0.15, 0.2) is 95.8 Å². The molecule has 0 radical (unpaired) electrons. The second-order valence-electron chi connectivity index (χ2n) is 8.84. The smallest absolute Gasteiger partial charge is 0.266 e. The summed E-state index contributed by atoms with van der Waals surface area (Å²) in [6.45, 7) is 4.47. The number of benzene rings is 4. The molecule has 1 unspecified atom stereocenters. The molecule has 5 nitrogen and oxygen atoms in total. The maximum atomic E-state index is 13.8. The molecule has 36 heavy (non-hydrogen) atoms. The van der Waals surface area contributed by atoms with Gasteiger partial charge in [-0.2, -0.15) is 0 Å². The van der Waals surface area contributed by atoms with Crippen LogP contribution in [0.5, 0.6) is 0 Å². The zero-order valence-electron chi connectivity index (χ0n) is 20.2. The molecule has 0 aliphatic heterocycles. The lowest BCUT2D eigenvalue weighted by Gasteiger charge is -2.30. The summed E-state index contributed by atoms with van der Waals surface area (Å²) in [5, 5.41) is 3.11. The Morgan fingerprint density at radius 1 is 0.944 bits per heavy atom. The van der Waals surface area contributed by atoms with Gasteiger partial charge in [-0.15, -0.1) is 0 Å². The first kappa shape index (κ1) is 23.8. The Balaban J connectivity index is 1.66.